The second-order valence-electron chi connectivity index (χ2n) is 17.0. The van der Waals surface area contributed by atoms with Gasteiger partial charge in [0, 0.05) is 17.3 Å². The second-order valence-corrected chi connectivity index (χ2v) is 19.2. The van der Waals surface area contributed by atoms with Gasteiger partial charge in [-0.15, -0.1) is 0 Å². The van der Waals surface area contributed by atoms with Crippen LogP contribution in [0.4, 0.5) is 18.0 Å². The van der Waals surface area contributed by atoms with Crippen LogP contribution in [0, 0.1) is 23.6 Å². The van der Waals surface area contributed by atoms with Crippen molar-refractivity contribution in [2.45, 2.75) is 126 Å². The molecule has 1 aromatic heterocycles. The Balaban J connectivity index is 1.50. The van der Waals surface area contributed by atoms with Gasteiger partial charge in [-0.25, -0.2) is 22.6 Å². The molecule has 3 heterocycles. The zero-order chi connectivity index (χ0) is 42.7. The van der Waals surface area contributed by atoms with Crippen molar-refractivity contribution >= 4 is 44.6 Å². The lowest BCUT2D eigenvalue weighted by Gasteiger charge is -2.40. The second kappa shape index (κ2) is 15.2. The molecule has 3 fully saturated rings. The summed E-state index contributed by atoms with van der Waals surface area (Å²) in [6, 6.07) is -1.50. The van der Waals surface area contributed by atoms with Crippen molar-refractivity contribution in [1.82, 2.24) is 24.8 Å². The summed E-state index contributed by atoms with van der Waals surface area (Å²) in [7, 11) is -2.88. The van der Waals surface area contributed by atoms with E-state index in [0.29, 0.717) is 37.0 Å². The van der Waals surface area contributed by atoms with Crippen molar-refractivity contribution < 1.29 is 55.3 Å². The minimum atomic E-state index is -4.29. The highest BCUT2D eigenvalue weighted by Gasteiger charge is 2.72. The number of benzene rings is 1. The van der Waals surface area contributed by atoms with E-state index in [9.17, 15) is 32.3 Å². The lowest BCUT2D eigenvalue weighted by atomic mass is 9.83. The Morgan fingerprint density at radius 3 is 2.47 bits per heavy atom. The number of pyridine rings is 1. The number of amides is 4. The van der Waals surface area contributed by atoms with Crippen molar-refractivity contribution in [3.8, 4) is 11.6 Å². The molecular weight excluding hydrogens is 784 g/mol. The number of nitrogens with one attached hydrogen (secondary N) is 2. The molecule has 2 aliphatic heterocycles. The van der Waals surface area contributed by atoms with E-state index in [1.165, 1.54) is 26.3 Å². The Bertz CT molecular complexity index is 2130. The summed E-state index contributed by atoms with van der Waals surface area (Å²) < 4.78 is 88.4. The highest BCUT2D eigenvalue weighted by Crippen LogP contribution is 2.50. The summed E-state index contributed by atoms with van der Waals surface area (Å²) in [6.45, 7) is 8.29. The van der Waals surface area contributed by atoms with Crippen molar-refractivity contribution in [3.63, 3.8) is 0 Å². The number of sulfonamides is 1. The van der Waals surface area contributed by atoms with Crippen LogP contribution in [0.1, 0.15) is 86.5 Å². The van der Waals surface area contributed by atoms with E-state index in [4.69, 9.17) is 9.47 Å². The van der Waals surface area contributed by atoms with E-state index in [2.05, 4.69) is 15.0 Å². The number of hydrogen-bond acceptors (Lipinski definition) is 9. The first-order valence-corrected chi connectivity index (χ1v) is 21.1. The van der Waals surface area contributed by atoms with Crippen molar-refractivity contribution in [3.05, 3.63) is 42.4 Å². The molecule has 4 amide bonds. The molecule has 1 saturated heterocycles. The van der Waals surface area contributed by atoms with Crippen LogP contribution in [-0.4, -0.2) is 106 Å². The lowest BCUT2D eigenvalue weighted by molar-refractivity contribution is -0.163. The van der Waals surface area contributed by atoms with Gasteiger partial charge in [-0.3, -0.25) is 24.0 Å². The summed E-state index contributed by atoms with van der Waals surface area (Å²) in [5.41, 5.74) is -4.73. The normalized spacial score (nSPS) is 31.2. The fourth-order valence-electron chi connectivity index (χ4n) is 8.46. The number of carboxylic acid groups (broad SMARTS) is 1. The fraction of sp³-hybridized carbons (Fsp3) is 0.625. The van der Waals surface area contributed by atoms with Crippen molar-refractivity contribution in [2.24, 2.45) is 17.8 Å². The molecule has 18 heteroatoms. The van der Waals surface area contributed by atoms with Crippen molar-refractivity contribution in [1.29, 1.82) is 0 Å². The van der Waals surface area contributed by atoms with Gasteiger partial charge in [0.15, 0.2) is 11.6 Å². The first-order valence-electron chi connectivity index (χ1n) is 19.6. The maximum atomic E-state index is 17.5. The maximum Gasteiger partial charge on any atom is 0.408 e. The average Bonchev–Trinajstić information content (AvgIpc) is 4.05. The van der Waals surface area contributed by atoms with E-state index in [1.54, 1.807) is 32.9 Å². The average molecular weight is 836 g/mol. The van der Waals surface area contributed by atoms with Gasteiger partial charge in [0.25, 0.3) is 5.91 Å². The Morgan fingerprint density at radius 1 is 1.17 bits per heavy atom. The quantitative estimate of drug-likeness (QED) is 0.277. The van der Waals surface area contributed by atoms with E-state index in [1.807, 2.05) is 6.92 Å². The van der Waals surface area contributed by atoms with Gasteiger partial charge < -0.3 is 24.8 Å². The predicted molar refractivity (Wildman–Crippen MR) is 206 cm³/mol. The first-order chi connectivity index (χ1) is 27.1. The topological polar surface area (TPSA) is 185 Å². The number of aromatic nitrogens is 1. The molecule has 0 radical (unpaired) electrons. The summed E-state index contributed by atoms with van der Waals surface area (Å²) in [6.07, 6.45) is 5.38. The number of halogens is 3. The third-order valence-corrected chi connectivity index (χ3v) is 14.6. The fourth-order valence-corrected chi connectivity index (χ4v) is 9.78. The summed E-state index contributed by atoms with van der Waals surface area (Å²) in [5.74, 6) is -10.5. The number of nitrogens with zero attached hydrogens (tertiary/aromatic N) is 3. The third-order valence-electron chi connectivity index (χ3n) is 12.5. The Morgan fingerprint density at radius 2 is 1.86 bits per heavy atom. The number of methoxy groups -OCH3 is 1. The zero-order valence-corrected chi connectivity index (χ0v) is 34.5. The molecule has 0 spiro atoms. The van der Waals surface area contributed by atoms with Crippen LogP contribution >= 0.6 is 0 Å². The monoisotopic (exact) mass is 835 g/mol. The van der Waals surface area contributed by atoms with E-state index < -0.39 is 104 Å². The molecule has 0 bridgehead atoms. The molecule has 318 valence electrons. The largest absolute Gasteiger partial charge is 0.494 e. The van der Waals surface area contributed by atoms with Gasteiger partial charge in [0.05, 0.1) is 30.0 Å². The zero-order valence-electron chi connectivity index (χ0n) is 33.7. The molecule has 2 aromatic rings. The minimum Gasteiger partial charge on any atom is -0.494 e. The van der Waals surface area contributed by atoms with Crippen LogP contribution in [0.2, 0.25) is 0 Å². The van der Waals surface area contributed by atoms with Crippen LogP contribution in [0.25, 0.3) is 10.8 Å². The molecular formula is C40H52F3N5O9S. The number of allylic oxidation sites excluding steroid dienone is 1. The predicted octanol–water partition coefficient (Wildman–Crippen LogP) is 5.40. The highest BCUT2D eigenvalue weighted by atomic mass is 32.2. The van der Waals surface area contributed by atoms with Gasteiger partial charge in [-0.2, -0.15) is 8.78 Å². The van der Waals surface area contributed by atoms with E-state index >= 15 is 13.6 Å². The molecule has 3 N–H and O–H groups in total. The molecule has 1 aromatic carbocycles. The smallest absolute Gasteiger partial charge is 0.408 e. The minimum absolute atomic E-state index is 0.0415. The van der Waals surface area contributed by atoms with Gasteiger partial charge in [0.2, 0.25) is 27.7 Å². The number of alkyl halides is 2. The van der Waals surface area contributed by atoms with Crippen LogP contribution in [-0.2, 0) is 24.4 Å². The molecule has 0 unspecified atom stereocenters. The van der Waals surface area contributed by atoms with Gasteiger partial charge >= 0.3 is 12.0 Å². The maximum absolute atomic E-state index is 17.5. The molecule has 58 heavy (non-hydrogen) atoms. The number of carbonyl (C=O) groups excluding carboxylic acids is 3. The highest BCUT2D eigenvalue weighted by molar-refractivity contribution is 7.91. The molecule has 2 aliphatic carbocycles. The number of ether oxygens (including phenoxy) is 2. The van der Waals surface area contributed by atoms with Crippen LogP contribution < -0.4 is 19.5 Å². The molecule has 7 atom stereocenters. The molecule has 14 nitrogen and oxygen atoms in total. The number of hydrogen-bond donors (Lipinski definition) is 3. The third kappa shape index (κ3) is 7.44. The van der Waals surface area contributed by atoms with E-state index in [-0.39, 0.29) is 35.3 Å². The van der Waals surface area contributed by atoms with Crippen LogP contribution in [0.3, 0.4) is 0 Å². The number of rotatable bonds is 9. The van der Waals surface area contributed by atoms with Gasteiger partial charge in [-0.1, -0.05) is 32.4 Å². The molecule has 2 saturated carbocycles. The van der Waals surface area contributed by atoms with Crippen molar-refractivity contribution in [2.75, 3.05) is 13.7 Å². The SMILES string of the molecule is CC[C@@H]1C[C@H](C)CC/C=C\[C@@H]2C[C@@]2(C(=O)NS(=O)(=O)C2(C)CC2)NC(=O)[C@@H]2N(C[C@@](C)(Oc3ncc(OC)c4ccc(F)cc34)C2(F)F)C(=O)[C@H]1N(C(=O)O)C(C)C. The first kappa shape index (κ1) is 43.0. The lowest BCUT2D eigenvalue weighted by Crippen LogP contribution is -2.63. The standard InChI is InChI=1S/C40H52F3N5O9S/c1-8-24-17-23(4)11-9-10-12-25-19-39(25,35(51)46-58(54,55)37(5)15-16-37)45-32(49)31-40(42,43)38(6,21-47(31)34(50)30(24)48(22(2)3)36(52)53)57-33-28-18-26(41)13-14-27(28)29(56-7)20-44-33/h10,12-14,18,20,22-25,30-31H,8-9,11,15-17,19,21H2,1-7H3,(H,45,49)(H,46,51)(H,52,53)/b12-10-/t23-,24-,25-,30+,31+,38-,39-/m1/s1. The van der Waals surface area contributed by atoms with Crippen LogP contribution in [0.5, 0.6) is 11.6 Å². The summed E-state index contributed by atoms with van der Waals surface area (Å²) >= 11 is 0. The Hall–Kier alpha value is -4.61. The molecule has 4 aliphatic rings. The van der Waals surface area contributed by atoms with Gasteiger partial charge in [0.1, 0.15) is 23.1 Å². The van der Waals surface area contributed by atoms with Crippen LogP contribution in [0.15, 0.2) is 36.5 Å². The summed E-state index contributed by atoms with van der Waals surface area (Å²) in [4.78, 5) is 62.3. The molecule has 6 rings (SSSR count). The number of carbonyl (C=O) groups is 4. The summed E-state index contributed by atoms with van der Waals surface area (Å²) in [5, 5.41) is 13.2. The Kier molecular flexibility index (Phi) is 11.3. The number of fused-ring (bicyclic) bond motifs is 3. The van der Waals surface area contributed by atoms with Gasteiger partial charge in [-0.05, 0) is 96.3 Å². The Labute approximate surface area is 335 Å². The van der Waals surface area contributed by atoms with E-state index in [0.717, 1.165) is 24.0 Å².